The maximum absolute atomic E-state index is 10.9. The standard InChI is InChI=1S/C19H20N4O4/c1-12-8-16(12)17-7-6-15(26-17)10-22(2)11-18-20-19(21-27-18)13-4-3-5-14(9-13)23(24)25/h3-7,9,12,16H,8,10-11H2,1-2H3/t12-,16-/m1/s1. The highest BCUT2D eigenvalue weighted by atomic mass is 16.6. The van der Waals surface area contributed by atoms with Crippen molar-refractivity contribution >= 4 is 5.69 Å². The molecule has 4 rings (SSSR count). The van der Waals surface area contributed by atoms with Gasteiger partial charge in [0.25, 0.3) is 5.69 Å². The molecule has 0 N–H and O–H groups in total. The van der Waals surface area contributed by atoms with Gasteiger partial charge in [-0.25, -0.2) is 0 Å². The molecule has 1 fully saturated rings. The van der Waals surface area contributed by atoms with Crippen LogP contribution in [0, 0.1) is 16.0 Å². The number of hydrogen-bond donors (Lipinski definition) is 0. The average molecular weight is 368 g/mol. The molecule has 3 aromatic rings. The maximum Gasteiger partial charge on any atom is 0.270 e. The lowest BCUT2D eigenvalue weighted by Gasteiger charge is -2.11. The molecule has 8 nitrogen and oxygen atoms in total. The Morgan fingerprint density at radius 3 is 2.85 bits per heavy atom. The van der Waals surface area contributed by atoms with Crippen LogP contribution in [0.4, 0.5) is 5.69 Å². The Bertz CT molecular complexity index is 964. The van der Waals surface area contributed by atoms with E-state index in [-0.39, 0.29) is 5.69 Å². The first-order valence-corrected chi connectivity index (χ1v) is 8.84. The van der Waals surface area contributed by atoms with Gasteiger partial charge in [-0.1, -0.05) is 24.2 Å². The van der Waals surface area contributed by atoms with Crippen molar-refractivity contribution in [2.75, 3.05) is 7.05 Å². The maximum atomic E-state index is 10.9. The molecule has 0 spiro atoms. The molecule has 0 aliphatic heterocycles. The second-order valence-corrected chi connectivity index (χ2v) is 7.12. The lowest BCUT2D eigenvalue weighted by Crippen LogP contribution is -2.17. The zero-order chi connectivity index (χ0) is 19.0. The van der Waals surface area contributed by atoms with Crippen molar-refractivity contribution in [2.24, 2.45) is 5.92 Å². The molecule has 0 radical (unpaired) electrons. The van der Waals surface area contributed by atoms with Gasteiger partial charge in [0.15, 0.2) is 0 Å². The van der Waals surface area contributed by atoms with Crippen LogP contribution in [0.2, 0.25) is 0 Å². The van der Waals surface area contributed by atoms with E-state index in [9.17, 15) is 10.1 Å². The van der Waals surface area contributed by atoms with Crippen molar-refractivity contribution in [1.29, 1.82) is 0 Å². The molecule has 27 heavy (non-hydrogen) atoms. The van der Waals surface area contributed by atoms with E-state index in [4.69, 9.17) is 8.94 Å². The number of hydrogen-bond acceptors (Lipinski definition) is 7. The van der Waals surface area contributed by atoms with E-state index in [0.717, 1.165) is 11.5 Å². The summed E-state index contributed by atoms with van der Waals surface area (Å²) in [5.41, 5.74) is 0.547. The summed E-state index contributed by atoms with van der Waals surface area (Å²) in [6, 6.07) is 10.3. The molecule has 2 aromatic heterocycles. The number of aromatic nitrogens is 2. The fourth-order valence-electron chi connectivity index (χ4n) is 3.15. The summed E-state index contributed by atoms with van der Waals surface area (Å²) in [7, 11) is 1.94. The average Bonchev–Trinajstić information content (AvgIpc) is 3.02. The molecule has 0 bridgehead atoms. The topological polar surface area (TPSA) is 98.4 Å². The van der Waals surface area contributed by atoms with Crippen LogP contribution in [0.15, 0.2) is 45.3 Å². The summed E-state index contributed by atoms with van der Waals surface area (Å²) in [5.74, 6) is 4.04. The molecule has 8 heteroatoms. The van der Waals surface area contributed by atoms with E-state index in [0.29, 0.717) is 42.2 Å². The lowest BCUT2D eigenvalue weighted by atomic mass is 10.2. The summed E-state index contributed by atoms with van der Waals surface area (Å²) in [6.07, 6.45) is 1.20. The minimum atomic E-state index is -0.446. The first-order valence-electron chi connectivity index (χ1n) is 8.84. The number of furan rings is 1. The van der Waals surface area contributed by atoms with Gasteiger partial charge in [-0.05, 0) is 31.5 Å². The highest BCUT2D eigenvalue weighted by molar-refractivity contribution is 5.58. The zero-order valence-electron chi connectivity index (χ0n) is 15.2. The second kappa shape index (κ2) is 6.96. The summed E-state index contributed by atoms with van der Waals surface area (Å²) < 4.78 is 11.2. The van der Waals surface area contributed by atoms with Crippen molar-refractivity contribution < 1.29 is 13.9 Å². The van der Waals surface area contributed by atoms with E-state index < -0.39 is 4.92 Å². The van der Waals surface area contributed by atoms with Crippen LogP contribution in [0.3, 0.4) is 0 Å². The fourth-order valence-corrected chi connectivity index (χ4v) is 3.15. The predicted octanol–water partition coefficient (Wildman–Crippen LogP) is 3.99. The highest BCUT2D eigenvalue weighted by Gasteiger charge is 2.36. The molecular formula is C19H20N4O4. The van der Waals surface area contributed by atoms with E-state index >= 15 is 0 Å². The monoisotopic (exact) mass is 368 g/mol. The highest BCUT2D eigenvalue weighted by Crippen LogP contribution is 2.47. The van der Waals surface area contributed by atoms with Crippen molar-refractivity contribution in [3.05, 3.63) is 63.9 Å². The quantitative estimate of drug-likeness (QED) is 0.459. The van der Waals surface area contributed by atoms with Gasteiger partial charge in [0.2, 0.25) is 11.7 Å². The number of nitrogens with zero attached hydrogens (tertiary/aromatic N) is 4. The Labute approximate surface area is 155 Å². The number of rotatable bonds is 7. The minimum absolute atomic E-state index is 0.00503. The van der Waals surface area contributed by atoms with Crippen molar-refractivity contribution in [3.63, 3.8) is 0 Å². The Morgan fingerprint density at radius 2 is 2.11 bits per heavy atom. The molecule has 1 saturated carbocycles. The van der Waals surface area contributed by atoms with E-state index in [2.05, 4.69) is 23.1 Å². The Balaban J connectivity index is 1.39. The van der Waals surface area contributed by atoms with Crippen molar-refractivity contribution in [1.82, 2.24) is 15.0 Å². The second-order valence-electron chi connectivity index (χ2n) is 7.12. The molecule has 1 aromatic carbocycles. The van der Waals surface area contributed by atoms with Gasteiger partial charge < -0.3 is 8.94 Å². The summed E-state index contributed by atoms with van der Waals surface area (Å²) in [6.45, 7) is 3.32. The normalized spacial score (nSPS) is 18.8. The Morgan fingerprint density at radius 1 is 1.30 bits per heavy atom. The molecule has 1 aliphatic rings. The van der Waals surface area contributed by atoms with Crippen LogP contribution in [-0.2, 0) is 13.1 Å². The Kier molecular flexibility index (Phi) is 4.49. The smallest absolute Gasteiger partial charge is 0.270 e. The number of non-ortho nitro benzene ring substituents is 1. The van der Waals surface area contributed by atoms with Gasteiger partial charge in [-0.3, -0.25) is 15.0 Å². The third kappa shape index (κ3) is 3.90. The molecule has 2 atom stereocenters. The van der Waals surface area contributed by atoms with Gasteiger partial charge in [-0.2, -0.15) is 4.98 Å². The van der Waals surface area contributed by atoms with Crippen molar-refractivity contribution in [2.45, 2.75) is 32.4 Å². The number of benzene rings is 1. The predicted molar refractivity (Wildman–Crippen MR) is 96.8 cm³/mol. The lowest BCUT2D eigenvalue weighted by molar-refractivity contribution is -0.384. The number of nitro groups is 1. The third-order valence-electron chi connectivity index (χ3n) is 4.77. The van der Waals surface area contributed by atoms with Crippen molar-refractivity contribution in [3.8, 4) is 11.4 Å². The Hall–Kier alpha value is -3.00. The van der Waals surface area contributed by atoms with E-state index in [1.165, 1.54) is 18.6 Å². The molecule has 2 heterocycles. The fraction of sp³-hybridized carbons (Fsp3) is 0.368. The summed E-state index contributed by atoms with van der Waals surface area (Å²) in [4.78, 5) is 16.8. The van der Waals surface area contributed by atoms with Gasteiger partial charge >= 0.3 is 0 Å². The van der Waals surface area contributed by atoms with Crippen LogP contribution in [0.25, 0.3) is 11.4 Å². The summed E-state index contributed by atoms with van der Waals surface area (Å²) in [5, 5.41) is 14.8. The molecule has 0 amide bonds. The SMILES string of the molecule is C[C@@H]1C[C@H]1c1ccc(CN(C)Cc2nc(-c3cccc([N+](=O)[O-])c3)no2)o1. The van der Waals surface area contributed by atoms with Gasteiger partial charge in [0.1, 0.15) is 11.5 Å². The van der Waals surface area contributed by atoms with Crippen LogP contribution < -0.4 is 0 Å². The van der Waals surface area contributed by atoms with Crippen LogP contribution in [-0.4, -0.2) is 27.0 Å². The van der Waals surface area contributed by atoms with Gasteiger partial charge in [0.05, 0.1) is 18.0 Å². The van der Waals surface area contributed by atoms with E-state index in [1.54, 1.807) is 12.1 Å². The summed E-state index contributed by atoms with van der Waals surface area (Å²) >= 11 is 0. The van der Waals surface area contributed by atoms with Crippen LogP contribution in [0.1, 0.15) is 36.7 Å². The molecular weight excluding hydrogens is 348 g/mol. The number of nitro benzene ring substituents is 1. The van der Waals surface area contributed by atoms with E-state index in [1.807, 2.05) is 18.0 Å². The zero-order valence-corrected chi connectivity index (χ0v) is 15.2. The molecule has 140 valence electrons. The minimum Gasteiger partial charge on any atom is -0.464 e. The molecule has 0 saturated heterocycles. The van der Waals surface area contributed by atoms with Crippen LogP contribution in [0.5, 0.6) is 0 Å². The largest absolute Gasteiger partial charge is 0.464 e. The van der Waals surface area contributed by atoms with Gasteiger partial charge in [0, 0.05) is 23.6 Å². The first-order chi connectivity index (χ1) is 13.0. The third-order valence-corrected chi connectivity index (χ3v) is 4.77. The first kappa shape index (κ1) is 17.4. The molecule has 0 unspecified atom stereocenters. The molecule has 1 aliphatic carbocycles. The van der Waals surface area contributed by atoms with Crippen LogP contribution >= 0.6 is 0 Å². The van der Waals surface area contributed by atoms with Gasteiger partial charge in [-0.15, -0.1) is 0 Å².